The van der Waals surface area contributed by atoms with Crippen molar-refractivity contribution in [2.24, 2.45) is 5.73 Å². The number of ether oxygens (including phenoxy) is 2. The number of piperidine rings is 1. The van der Waals surface area contributed by atoms with Gasteiger partial charge in [0.25, 0.3) is 0 Å². The van der Waals surface area contributed by atoms with Crippen LogP contribution in [0.1, 0.15) is 32.1 Å². The molecule has 21 heavy (non-hydrogen) atoms. The number of nitrogens with zero attached hydrogens (tertiary/aromatic N) is 1. The van der Waals surface area contributed by atoms with Crippen LogP contribution in [0.4, 0.5) is 0 Å². The molecule has 7 nitrogen and oxygen atoms in total. The topological polar surface area (TPSA) is 102 Å². The number of likely N-dealkylation sites (tertiary alicyclic amines) is 1. The maximum Gasteiger partial charge on any atom is 0.305 e. The highest BCUT2D eigenvalue weighted by molar-refractivity contribution is 5.81. The molecule has 1 saturated heterocycles. The molecule has 1 rings (SSSR count). The molecule has 1 unspecified atom stereocenters. The number of rotatable bonds is 9. The Morgan fingerprint density at radius 1 is 1.33 bits per heavy atom. The van der Waals surface area contributed by atoms with Crippen LogP contribution in [0.3, 0.4) is 0 Å². The molecule has 3 N–H and O–H groups in total. The predicted octanol–water partition coefficient (Wildman–Crippen LogP) is 0.223. The van der Waals surface area contributed by atoms with E-state index in [9.17, 15) is 9.59 Å². The minimum atomic E-state index is -0.857. The number of nitrogens with two attached hydrogens (primary N) is 1. The highest BCUT2D eigenvalue weighted by Gasteiger charge is 2.26. The molecule has 7 heteroatoms. The fourth-order valence-electron chi connectivity index (χ4n) is 2.36. The second-order valence-corrected chi connectivity index (χ2v) is 5.28. The van der Waals surface area contributed by atoms with Crippen molar-refractivity contribution in [3.05, 3.63) is 0 Å². The molecule has 0 saturated carbocycles. The minimum Gasteiger partial charge on any atom is -0.481 e. The van der Waals surface area contributed by atoms with Crippen LogP contribution in [-0.4, -0.2) is 67.4 Å². The lowest BCUT2D eigenvalue weighted by molar-refractivity contribution is -0.139. The van der Waals surface area contributed by atoms with Crippen LogP contribution in [0.2, 0.25) is 0 Å². The van der Waals surface area contributed by atoms with Crippen molar-refractivity contribution in [3.8, 4) is 0 Å². The van der Waals surface area contributed by atoms with Gasteiger partial charge < -0.3 is 25.2 Å². The van der Waals surface area contributed by atoms with Gasteiger partial charge in [-0.2, -0.15) is 0 Å². The fraction of sp³-hybridized carbons (Fsp3) is 0.857. The van der Waals surface area contributed by atoms with Crippen molar-refractivity contribution in [1.29, 1.82) is 0 Å². The van der Waals surface area contributed by atoms with E-state index in [-0.39, 0.29) is 25.0 Å². The van der Waals surface area contributed by atoms with Crippen LogP contribution in [-0.2, 0) is 19.1 Å². The van der Waals surface area contributed by atoms with Gasteiger partial charge in [-0.05, 0) is 25.7 Å². The van der Waals surface area contributed by atoms with E-state index in [1.165, 1.54) is 0 Å². The summed E-state index contributed by atoms with van der Waals surface area (Å²) in [5.74, 6) is -0.875. The van der Waals surface area contributed by atoms with Crippen LogP contribution in [0.25, 0.3) is 0 Å². The third-order valence-corrected chi connectivity index (χ3v) is 3.60. The summed E-state index contributed by atoms with van der Waals surface area (Å²) >= 11 is 0. The van der Waals surface area contributed by atoms with Crippen molar-refractivity contribution in [2.45, 2.75) is 44.2 Å². The molecular weight excluding hydrogens is 276 g/mol. The molecule has 1 atom stereocenters. The number of carbonyl (C=O) groups excluding carboxylic acids is 1. The van der Waals surface area contributed by atoms with Crippen LogP contribution >= 0.6 is 0 Å². The Bertz CT molecular complexity index is 329. The molecule has 0 aromatic heterocycles. The highest BCUT2D eigenvalue weighted by Crippen LogP contribution is 2.15. The lowest BCUT2D eigenvalue weighted by Crippen LogP contribution is -2.48. The van der Waals surface area contributed by atoms with Crippen LogP contribution in [0, 0.1) is 0 Å². The number of carbonyl (C=O) groups is 2. The smallest absolute Gasteiger partial charge is 0.305 e. The molecule has 1 heterocycles. The third-order valence-electron chi connectivity index (χ3n) is 3.60. The molecule has 0 radical (unpaired) electrons. The molecule has 0 aliphatic carbocycles. The van der Waals surface area contributed by atoms with Gasteiger partial charge in [-0.15, -0.1) is 0 Å². The molecule has 0 aromatic carbocycles. The first-order chi connectivity index (χ1) is 10.0. The van der Waals surface area contributed by atoms with E-state index < -0.39 is 12.0 Å². The van der Waals surface area contributed by atoms with Gasteiger partial charge in [0, 0.05) is 26.8 Å². The van der Waals surface area contributed by atoms with Gasteiger partial charge in [0.15, 0.2) is 0 Å². The Balaban J connectivity index is 2.22. The van der Waals surface area contributed by atoms with E-state index in [2.05, 4.69) is 0 Å². The summed E-state index contributed by atoms with van der Waals surface area (Å²) in [7, 11) is 1.63. The Kier molecular flexibility index (Phi) is 8.26. The van der Waals surface area contributed by atoms with Crippen LogP contribution in [0.15, 0.2) is 0 Å². The lowest BCUT2D eigenvalue weighted by Gasteiger charge is -2.33. The molecule has 0 bridgehead atoms. The van der Waals surface area contributed by atoms with Crippen LogP contribution < -0.4 is 5.73 Å². The summed E-state index contributed by atoms with van der Waals surface area (Å²) in [6.07, 6.45) is 2.92. The Hall–Kier alpha value is -1.18. The average Bonchev–Trinajstić information content (AvgIpc) is 2.47. The zero-order chi connectivity index (χ0) is 15.7. The van der Waals surface area contributed by atoms with E-state index in [1.54, 1.807) is 12.0 Å². The molecule has 122 valence electrons. The van der Waals surface area contributed by atoms with E-state index in [4.69, 9.17) is 20.3 Å². The molecule has 1 aliphatic heterocycles. The first-order valence-corrected chi connectivity index (χ1v) is 7.41. The van der Waals surface area contributed by atoms with Gasteiger partial charge in [-0.1, -0.05) is 0 Å². The first kappa shape index (κ1) is 17.9. The van der Waals surface area contributed by atoms with Gasteiger partial charge >= 0.3 is 5.97 Å². The van der Waals surface area contributed by atoms with Crippen molar-refractivity contribution in [1.82, 2.24) is 4.90 Å². The summed E-state index contributed by atoms with van der Waals surface area (Å²) in [5.41, 5.74) is 5.89. The molecule has 1 amide bonds. The molecule has 1 aliphatic rings. The highest BCUT2D eigenvalue weighted by atomic mass is 16.5. The summed E-state index contributed by atoms with van der Waals surface area (Å²) in [5, 5.41) is 8.55. The number of aliphatic carboxylic acids is 1. The Morgan fingerprint density at radius 3 is 2.57 bits per heavy atom. The second kappa shape index (κ2) is 9.70. The van der Waals surface area contributed by atoms with Crippen molar-refractivity contribution in [3.63, 3.8) is 0 Å². The normalized spacial score (nSPS) is 17.7. The number of carboxylic acids is 1. The molecular formula is C14H26N2O5. The monoisotopic (exact) mass is 302 g/mol. The zero-order valence-electron chi connectivity index (χ0n) is 12.6. The minimum absolute atomic E-state index is 0.0174. The Labute approximate surface area is 125 Å². The fourth-order valence-corrected chi connectivity index (χ4v) is 2.36. The number of hydrogen-bond acceptors (Lipinski definition) is 5. The van der Waals surface area contributed by atoms with Gasteiger partial charge in [-0.3, -0.25) is 9.59 Å². The summed E-state index contributed by atoms with van der Waals surface area (Å²) in [6, 6.07) is -0.468. The number of carboxylic acid groups (broad SMARTS) is 1. The van der Waals surface area contributed by atoms with Crippen molar-refractivity contribution >= 4 is 11.9 Å². The zero-order valence-corrected chi connectivity index (χ0v) is 12.6. The molecule has 1 fully saturated rings. The third kappa shape index (κ3) is 6.88. The van der Waals surface area contributed by atoms with E-state index in [0.717, 1.165) is 19.3 Å². The van der Waals surface area contributed by atoms with E-state index in [1.807, 2.05) is 0 Å². The second-order valence-electron chi connectivity index (χ2n) is 5.28. The summed E-state index contributed by atoms with van der Waals surface area (Å²) in [4.78, 5) is 24.3. The van der Waals surface area contributed by atoms with E-state index >= 15 is 0 Å². The lowest BCUT2D eigenvalue weighted by atomic mass is 10.1. The number of hydrogen-bond donors (Lipinski definition) is 2. The van der Waals surface area contributed by atoms with Gasteiger partial charge in [0.1, 0.15) is 0 Å². The summed E-state index contributed by atoms with van der Waals surface area (Å²) < 4.78 is 10.4. The maximum absolute atomic E-state index is 12.1. The quantitative estimate of drug-likeness (QED) is 0.591. The summed E-state index contributed by atoms with van der Waals surface area (Å²) in [6.45, 7) is 2.08. The van der Waals surface area contributed by atoms with E-state index in [0.29, 0.717) is 26.1 Å². The average molecular weight is 302 g/mol. The van der Waals surface area contributed by atoms with Gasteiger partial charge in [0.2, 0.25) is 5.91 Å². The Morgan fingerprint density at radius 2 is 2.00 bits per heavy atom. The standard InChI is InChI=1S/C14H26N2O5/c1-20-9-2-3-12(15)14(19)16-7-4-11(5-8-16)21-10-6-13(17)18/h11-12H,2-10,15H2,1H3,(H,17,18). The van der Waals surface area contributed by atoms with Gasteiger partial charge in [0.05, 0.1) is 25.2 Å². The van der Waals surface area contributed by atoms with Crippen molar-refractivity contribution < 1.29 is 24.2 Å². The predicted molar refractivity (Wildman–Crippen MR) is 76.9 cm³/mol. The molecule has 0 aromatic rings. The number of amides is 1. The SMILES string of the molecule is COCCCC(N)C(=O)N1CCC(OCCC(=O)O)CC1. The maximum atomic E-state index is 12.1. The van der Waals surface area contributed by atoms with Crippen LogP contribution in [0.5, 0.6) is 0 Å². The van der Waals surface area contributed by atoms with Crippen molar-refractivity contribution in [2.75, 3.05) is 33.4 Å². The molecule has 0 spiro atoms. The number of methoxy groups -OCH3 is 1. The van der Waals surface area contributed by atoms with Gasteiger partial charge in [-0.25, -0.2) is 0 Å². The largest absolute Gasteiger partial charge is 0.481 e. The first-order valence-electron chi connectivity index (χ1n) is 7.41.